The van der Waals surface area contributed by atoms with Crippen LogP contribution in [0.15, 0.2) is 36.6 Å². The number of pyridine rings is 1. The summed E-state index contributed by atoms with van der Waals surface area (Å²) in [6, 6.07) is 5.15. The molecule has 0 saturated carbocycles. The van der Waals surface area contributed by atoms with Crippen molar-refractivity contribution >= 4 is 17.7 Å². The van der Waals surface area contributed by atoms with Crippen molar-refractivity contribution in [1.29, 1.82) is 5.26 Å². The topological polar surface area (TPSA) is 96.9 Å². The quantitative estimate of drug-likeness (QED) is 0.477. The van der Waals surface area contributed by atoms with Gasteiger partial charge in [0.15, 0.2) is 11.4 Å². The summed E-state index contributed by atoms with van der Waals surface area (Å²) in [4.78, 5) is 15.5. The summed E-state index contributed by atoms with van der Waals surface area (Å²) >= 11 is 0. The van der Waals surface area contributed by atoms with Crippen molar-refractivity contribution < 1.29 is 19.4 Å². The number of nitriles is 1. The summed E-state index contributed by atoms with van der Waals surface area (Å²) < 4.78 is 12.8. The Kier molecular flexibility index (Phi) is 5.22. The highest BCUT2D eigenvalue weighted by Gasteiger charge is 2.18. The van der Waals surface area contributed by atoms with E-state index in [0.29, 0.717) is 17.1 Å². The highest BCUT2D eigenvalue weighted by atomic mass is 16.5. The second-order valence-electron chi connectivity index (χ2n) is 5.11. The predicted octanol–water partition coefficient (Wildman–Crippen LogP) is 2.68. The van der Waals surface area contributed by atoms with Crippen LogP contribution in [0.4, 0.5) is 0 Å². The van der Waals surface area contributed by atoms with Crippen molar-refractivity contribution in [3.05, 3.63) is 42.3 Å². The predicted molar refractivity (Wildman–Crippen MR) is 87.9 cm³/mol. The average Bonchev–Trinajstić information content (AvgIpc) is 2.88. The third kappa shape index (κ3) is 3.55. The van der Waals surface area contributed by atoms with Crippen LogP contribution in [-0.2, 0) is 4.79 Å². The molecule has 0 bridgehead atoms. The molecule has 0 saturated heterocycles. The van der Waals surface area contributed by atoms with E-state index in [0.717, 1.165) is 0 Å². The lowest BCUT2D eigenvalue weighted by molar-refractivity contribution is -0.132. The number of hydrogen-bond donors (Lipinski definition) is 1. The fourth-order valence-corrected chi connectivity index (χ4v) is 2.04. The van der Waals surface area contributed by atoms with Gasteiger partial charge in [-0.15, -0.1) is 0 Å². The van der Waals surface area contributed by atoms with Crippen molar-refractivity contribution in [2.24, 2.45) is 0 Å². The summed E-state index contributed by atoms with van der Waals surface area (Å²) in [6.45, 7) is 7.55. The van der Waals surface area contributed by atoms with E-state index in [1.165, 1.54) is 6.08 Å². The molecule has 0 atom stereocenters. The smallest absolute Gasteiger partial charge is 0.346 e. The first kappa shape index (κ1) is 17.1. The molecular weight excluding hydrogens is 310 g/mol. The minimum atomic E-state index is -1.32. The third-order valence-electron chi connectivity index (χ3n) is 2.95. The van der Waals surface area contributed by atoms with Crippen molar-refractivity contribution in [1.82, 2.24) is 9.38 Å². The molecule has 24 heavy (non-hydrogen) atoms. The maximum atomic E-state index is 11.1. The minimum absolute atomic E-state index is 0.0573. The maximum absolute atomic E-state index is 11.1. The van der Waals surface area contributed by atoms with Gasteiger partial charge in [-0.3, -0.25) is 4.40 Å². The van der Waals surface area contributed by atoms with Crippen LogP contribution in [0.25, 0.3) is 11.7 Å². The first-order valence-electron chi connectivity index (χ1n) is 7.24. The van der Waals surface area contributed by atoms with Crippen molar-refractivity contribution in [2.45, 2.75) is 20.0 Å². The van der Waals surface area contributed by atoms with Crippen LogP contribution < -0.4 is 9.47 Å². The highest BCUT2D eigenvalue weighted by molar-refractivity contribution is 5.96. The van der Waals surface area contributed by atoms with Gasteiger partial charge in [0.05, 0.1) is 6.10 Å². The zero-order valence-corrected chi connectivity index (χ0v) is 13.4. The normalized spacial score (nSPS) is 11.3. The number of hydrogen-bond acceptors (Lipinski definition) is 5. The molecule has 2 aromatic rings. The Bertz CT molecular complexity index is 843. The van der Waals surface area contributed by atoms with Crippen LogP contribution in [0, 0.1) is 11.3 Å². The molecule has 0 aromatic carbocycles. The molecule has 2 rings (SSSR count). The Morgan fingerprint density at radius 2 is 2.33 bits per heavy atom. The monoisotopic (exact) mass is 327 g/mol. The summed E-state index contributed by atoms with van der Waals surface area (Å²) in [5.41, 5.74) is 0.398. The lowest BCUT2D eigenvalue weighted by Gasteiger charge is -2.10. The molecule has 0 aliphatic carbocycles. The van der Waals surface area contributed by atoms with Crippen LogP contribution in [0.5, 0.6) is 11.6 Å². The second kappa shape index (κ2) is 7.33. The van der Waals surface area contributed by atoms with Crippen molar-refractivity contribution in [2.75, 3.05) is 6.61 Å². The summed E-state index contributed by atoms with van der Waals surface area (Å²) in [5.74, 6) is -0.593. The van der Waals surface area contributed by atoms with Gasteiger partial charge in [-0.25, -0.2) is 4.79 Å². The van der Waals surface area contributed by atoms with Crippen molar-refractivity contribution in [3.8, 4) is 17.7 Å². The molecule has 7 heteroatoms. The molecule has 0 spiro atoms. The van der Waals surface area contributed by atoms with Crippen LogP contribution in [0.2, 0.25) is 0 Å². The Hall–Kier alpha value is -3.27. The fraction of sp³-hybridized carbons (Fsp3) is 0.235. The SMILES string of the molecule is C=CCOc1nc2c(OC(C)C)cccn2c1C=C(C#N)C(=O)O. The minimum Gasteiger partial charge on any atom is -0.487 e. The maximum Gasteiger partial charge on any atom is 0.346 e. The lowest BCUT2D eigenvalue weighted by Crippen LogP contribution is -2.06. The number of carboxylic acid groups (broad SMARTS) is 1. The van der Waals surface area contributed by atoms with E-state index in [-0.39, 0.29) is 18.6 Å². The number of carbonyl (C=O) groups is 1. The Labute approximate surface area is 139 Å². The molecule has 0 aliphatic rings. The summed E-state index contributed by atoms with van der Waals surface area (Å²) in [7, 11) is 0. The van der Waals surface area contributed by atoms with E-state index in [2.05, 4.69) is 11.6 Å². The van der Waals surface area contributed by atoms with Gasteiger partial charge in [0.25, 0.3) is 0 Å². The number of fused-ring (bicyclic) bond motifs is 1. The first-order valence-corrected chi connectivity index (χ1v) is 7.24. The molecule has 7 nitrogen and oxygen atoms in total. The lowest BCUT2D eigenvalue weighted by atomic mass is 10.2. The fourth-order valence-electron chi connectivity index (χ4n) is 2.04. The van der Waals surface area contributed by atoms with E-state index in [1.54, 1.807) is 34.9 Å². The van der Waals surface area contributed by atoms with E-state index >= 15 is 0 Å². The van der Waals surface area contributed by atoms with E-state index in [1.807, 2.05) is 13.8 Å². The zero-order valence-electron chi connectivity index (χ0n) is 13.4. The van der Waals surface area contributed by atoms with Gasteiger partial charge in [0.2, 0.25) is 5.88 Å². The van der Waals surface area contributed by atoms with Crippen molar-refractivity contribution in [3.63, 3.8) is 0 Å². The van der Waals surface area contributed by atoms with Gasteiger partial charge in [-0.2, -0.15) is 10.2 Å². The molecule has 0 fully saturated rings. The van der Waals surface area contributed by atoms with Gasteiger partial charge in [0, 0.05) is 6.20 Å². The second-order valence-corrected chi connectivity index (χ2v) is 5.11. The third-order valence-corrected chi connectivity index (χ3v) is 2.95. The molecule has 1 N–H and O–H groups in total. The molecule has 0 unspecified atom stereocenters. The summed E-state index contributed by atoms with van der Waals surface area (Å²) in [5, 5.41) is 18.1. The summed E-state index contributed by atoms with van der Waals surface area (Å²) in [6.07, 6.45) is 4.41. The van der Waals surface area contributed by atoms with Gasteiger partial charge < -0.3 is 14.6 Å². The van der Waals surface area contributed by atoms with Crippen LogP contribution in [0.3, 0.4) is 0 Å². The Morgan fingerprint density at radius 1 is 1.58 bits per heavy atom. The van der Waals surface area contributed by atoms with E-state index in [9.17, 15) is 4.79 Å². The Morgan fingerprint density at radius 3 is 2.92 bits per heavy atom. The van der Waals surface area contributed by atoms with E-state index < -0.39 is 11.5 Å². The Balaban J connectivity index is 2.68. The molecule has 124 valence electrons. The number of carboxylic acids is 1. The van der Waals surface area contributed by atoms with Crippen LogP contribution in [0.1, 0.15) is 19.5 Å². The first-order chi connectivity index (χ1) is 11.5. The molecule has 0 aliphatic heterocycles. The number of imidazole rings is 1. The number of aliphatic carboxylic acids is 1. The highest BCUT2D eigenvalue weighted by Crippen LogP contribution is 2.28. The van der Waals surface area contributed by atoms with Crippen LogP contribution >= 0.6 is 0 Å². The number of nitrogens with zero attached hydrogens (tertiary/aromatic N) is 3. The standard InChI is InChI=1S/C17H17N3O4/c1-4-8-23-16-13(9-12(10-18)17(21)22)20-7-5-6-14(15(20)19-16)24-11(2)3/h4-7,9,11H,1,8H2,2-3H3,(H,21,22). The number of aromatic nitrogens is 2. The van der Waals surface area contributed by atoms with Gasteiger partial charge in [-0.1, -0.05) is 12.7 Å². The molecule has 0 amide bonds. The average molecular weight is 327 g/mol. The molecule has 2 aromatic heterocycles. The largest absolute Gasteiger partial charge is 0.487 e. The number of rotatable bonds is 7. The molecular formula is C17H17N3O4. The molecule has 2 heterocycles. The zero-order chi connectivity index (χ0) is 17.7. The van der Waals surface area contributed by atoms with Gasteiger partial charge in [0.1, 0.15) is 23.9 Å². The van der Waals surface area contributed by atoms with E-state index in [4.69, 9.17) is 19.8 Å². The van der Waals surface area contributed by atoms with Gasteiger partial charge >= 0.3 is 5.97 Å². The number of ether oxygens (including phenoxy) is 2. The molecule has 0 radical (unpaired) electrons. The van der Waals surface area contributed by atoms with Gasteiger partial charge in [-0.05, 0) is 32.1 Å². The van der Waals surface area contributed by atoms with Crippen LogP contribution in [-0.4, -0.2) is 33.2 Å².